The number of nitrogens with zero attached hydrogens (tertiary/aromatic N) is 1. The van der Waals surface area contributed by atoms with E-state index in [2.05, 4.69) is 17.1 Å². The van der Waals surface area contributed by atoms with Crippen LogP contribution in [0.1, 0.15) is 23.6 Å². The van der Waals surface area contributed by atoms with Crippen molar-refractivity contribution in [2.75, 3.05) is 0 Å². The van der Waals surface area contributed by atoms with Gasteiger partial charge in [0.1, 0.15) is 5.82 Å². The number of rotatable bonds is 6. The minimum absolute atomic E-state index is 0.135. The van der Waals surface area contributed by atoms with Crippen LogP contribution in [-0.2, 0) is 12.8 Å². The molecule has 0 spiro atoms. The second-order valence-corrected chi connectivity index (χ2v) is 4.77. The van der Waals surface area contributed by atoms with Gasteiger partial charge in [-0.25, -0.2) is 4.39 Å². The van der Waals surface area contributed by atoms with Crippen molar-refractivity contribution in [3.8, 4) is 0 Å². The molecule has 0 aliphatic carbocycles. The highest BCUT2D eigenvalue weighted by molar-refractivity contribution is 5.63. The molecule has 0 radical (unpaired) electrons. The summed E-state index contributed by atoms with van der Waals surface area (Å²) in [4.78, 5) is 0. The SMILES string of the molecule is C=C(N/N=C\C)c1ccc(CCc2ccccc2F)cc1. The quantitative estimate of drug-likeness (QED) is 0.624. The van der Waals surface area contributed by atoms with Crippen LogP contribution in [0.25, 0.3) is 5.70 Å². The third kappa shape index (κ3) is 4.28. The van der Waals surface area contributed by atoms with Crippen molar-refractivity contribution in [1.29, 1.82) is 0 Å². The van der Waals surface area contributed by atoms with Crippen molar-refractivity contribution < 1.29 is 4.39 Å². The van der Waals surface area contributed by atoms with Crippen LogP contribution in [0.4, 0.5) is 4.39 Å². The monoisotopic (exact) mass is 282 g/mol. The Labute approximate surface area is 125 Å². The summed E-state index contributed by atoms with van der Waals surface area (Å²) >= 11 is 0. The van der Waals surface area contributed by atoms with E-state index in [0.717, 1.165) is 23.2 Å². The standard InChI is InChI=1S/C18H19FN2/c1-3-20-21-14(2)16-11-8-15(9-12-16)10-13-17-6-4-5-7-18(17)19/h3-9,11-12,21H,2,10,13H2,1H3/b20-3-. The lowest BCUT2D eigenvalue weighted by atomic mass is 10.0. The predicted octanol–water partition coefficient (Wildman–Crippen LogP) is 4.18. The molecule has 0 fully saturated rings. The molecular formula is C18H19FN2. The van der Waals surface area contributed by atoms with Crippen molar-refractivity contribution in [3.63, 3.8) is 0 Å². The van der Waals surface area contributed by atoms with Crippen LogP contribution in [0.5, 0.6) is 0 Å². The molecule has 0 saturated heterocycles. The van der Waals surface area contributed by atoms with Crippen LogP contribution < -0.4 is 5.43 Å². The molecule has 0 aromatic heterocycles. The predicted molar refractivity (Wildman–Crippen MR) is 86.6 cm³/mol. The van der Waals surface area contributed by atoms with Gasteiger partial charge in [0, 0.05) is 6.21 Å². The molecule has 0 heterocycles. The van der Waals surface area contributed by atoms with E-state index in [-0.39, 0.29) is 5.82 Å². The third-order valence-electron chi connectivity index (χ3n) is 3.27. The van der Waals surface area contributed by atoms with Crippen LogP contribution in [0.2, 0.25) is 0 Å². The van der Waals surface area contributed by atoms with Gasteiger partial charge in [-0.15, -0.1) is 0 Å². The summed E-state index contributed by atoms with van der Waals surface area (Å²) in [5, 5.41) is 3.94. The molecule has 21 heavy (non-hydrogen) atoms. The first-order valence-corrected chi connectivity index (χ1v) is 6.96. The fourth-order valence-electron chi connectivity index (χ4n) is 2.06. The first-order valence-electron chi connectivity index (χ1n) is 6.96. The van der Waals surface area contributed by atoms with E-state index in [9.17, 15) is 4.39 Å². The van der Waals surface area contributed by atoms with E-state index >= 15 is 0 Å². The van der Waals surface area contributed by atoms with E-state index in [1.54, 1.807) is 12.3 Å². The maximum absolute atomic E-state index is 13.5. The maximum atomic E-state index is 13.5. The highest BCUT2D eigenvalue weighted by atomic mass is 19.1. The lowest BCUT2D eigenvalue weighted by Gasteiger charge is -2.07. The zero-order valence-corrected chi connectivity index (χ0v) is 12.1. The molecule has 108 valence electrons. The van der Waals surface area contributed by atoms with Crippen LogP contribution in [0, 0.1) is 5.82 Å². The second kappa shape index (κ2) is 7.39. The number of nitrogens with one attached hydrogen (secondary N) is 1. The van der Waals surface area contributed by atoms with E-state index < -0.39 is 0 Å². The Bertz CT molecular complexity index is 630. The van der Waals surface area contributed by atoms with Crippen LogP contribution in [0.3, 0.4) is 0 Å². The van der Waals surface area contributed by atoms with Gasteiger partial charge < -0.3 is 0 Å². The molecular weight excluding hydrogens is 263 g/mol. The Morgan fingerprint density at radius 1 is 1.14 bits per heavy atom. The summed E-state index contributed by atoms with van der Waals surface area (Å²) < 4.78 is 13.5. The van der Waals surface area contributed by atoms with Gasteiger partial charge >= 0.3 is 0 Å². The maximum Gasteiger partial charge on any atom is 0.126 e. The molecule has 0 bridgehead atoms. The summed E-state index contributed by atoms with van der Waals surface area (Å²) in [6.07, 6.45) is 3.19. The highest BCUT2D eigenvalue weighted by Gasteiger charge is 2.02. The lowest BCUT2D eigenvalue weighted by molar-refractivity contribution is 0.608. The van der Waals surface area contributed by atoms with Crippen LogP contribution in [0.15, 0.2) is 60.2 Å². The summed E-state index contributed by atoms with van der Waals surface area (Å²) in [5.74, 6) is -0.135. The molecule has 0 saturated carbocycles. The molecule has 0 aliphatic heterocycles. The molecule has 0 atom stereocenters. The number of halogens is 1. The first kappa shape index (κ1) is 15.0. The van der Waals surface area contributed by atoms with Gasteiger partial charge in [-0.2, -0.15) is 5.10 Å². The van der Waals surface area contributed by atoms with Gasteiger partial charge in [-0.1, -0.05) is 49.0 Å². The van der Waals surface area contributed by atoms with Gasteiger partial charge in [-0.3, -0.25) is 5.43 Å². The van der Waals surface area contributed by atoms with Crippen molar-refractivity contribution in [2.24, 2.45) is 5.10 Å². The topological polar surface area (TPSA) is 24.4 Å². The molecule has 1 N–H and O–H groups in total. The Morgan fingerprint density at radius 3 is 2.52 bits per heavy atom. The number of hydrogen-bond acceptors (Lipinski definition) is 2. The average molecular weight is 282 g/mol. The van der Waals surface area contributed by atoms with Gasteiger partial charge in [-0.05, 0) is 42.5 Å². The number of aryl methyl sites for hydroxylation is 2. The highest BCUT2D eigenvalue weighted by Crippen LogP contribution is 2.14. The zero-order valence-electron chi connectivity index (χ0n) is 12.1. The molecule has 0 amide bonds. The largest absolute Gasteiger partial charge is 0.279 e. The van der Waals surface area contributed by atoms with Gasteiger partial charge in [0.15, 0.2) is 0 Å². The Morgan fingerprint density at radius 2 is 1.86 bits per heavy atom. The van der Waals surface area contributed by atoms with Gasteiger partial charge in [0.25, 0.3) is 0 Å². The van der Waals surface area contributed by atoms with Gasteiger partial charge in [0.2, 0.25) is 0 Å². The Kier molecular flexibility index (Phi) is 5.27. The molecule has 3 heteroatoms. The van der Waals surface area contributed by atoms with E-state index in [1.165, 1.54) is 11.6 Å². The van der Waals surface area contributed by atoms with E-state index in [4.69, 9.17) is 0 Å². The molecule has 2 nitrogen and oxygen atoms in total. The smallest absolute Gasteiger partial charge is 0.126 e. The number of benzene rings is 2. The summed E-state index contributed by atoms with van der Waals surface area (Å²) in [6, 6.07) is 15.0. The molecule has 2 rings (SSSR count). The van der Waals surface area contributed by atoms with Gasteiger partial charge in [0.05, 0.1) is 5.70 Å². The minimum atomic E-state index is -0.135. The fourth-order valence-corrected chi connectivity index (χ4v) is 2.06. The zero-order chi connectivity index (χ0) is 15.1. The van der Waals surface area contributed by atoms with Crippen molar-refractivity contribution in [3.05, 3.63) is 77.6 Å². The average Bonchev–Trinajstić information content (AvgIpc) is 2.52. The minimum Gasteiger partial charge on any atom is -0.279 e. The molecule has 0 aliphatic rings. The first-order chi connectivity index (χ1) is 10.2. The second-order valence-electron chi connectivity index (χ2n) is 4.77. The van der Waals surface area contributed by atoms with Crippen molar-refractivity contribution in [2.45, 2.75) is 19.8 Å². The summed E-state index contributed by atoms with van der Waals surface area (Å²) in [7, 11) is 0. The Balaban J connectivity index is 1.97. The normalized spacial score (nSPS) is 10.8. The Hall–Kier alpha value is -2.42. The van der Waals surface area contributed by atoms with Crippen molar-refractivity contribution in [1.82, 2.24) is 5.43 Å². The number of hydrazone groups is 1. The van der Waals surface area contributed by atoms with Crippen LogP contribution >= 0.6 is 0 Å². The van der Waals surface area contributed by atoms with E-state index in [1.807, 2.05) is 43.3 Å². The fraction of sp³-hybridized carbons (Fsp3) is 0.167. The molecule has 2 aromatic carbocycles. The molecule has 2 aromatic rings. The molecule has 0 unspecified atom stereocenters. The third-order valence-corrected chi connectivity index (χ3v) is 3.27. The number of hydrogen-bond donors (Lipinski definition) is 1. The summed E-state index contributed by atoms with van der Waals surface area (Å²) in [6.45, 7) is 5.76. The lowest BCUT2D eigenvalue weighted by Crippen LogP contribution is -2.02. The van der Waals surface area contributed by atoms with Crippen LogP contribution in [-0.4, -0.2) is 6.21 Å². The summed E-state index contributed by atoms with van der Waals surface area (Å²) in [5.41, 5.74) is 6.54. The van der Waals surface area contributed by atoms with E-state index in [0.29, 0.717) is 6.42 Å². The van der Waals surface area contributed by atoms with Crippen molar-refractivity contribution >= 4 is 11.9 Å².